The molecule has 2 amide bonds. The molecule has 1 aliphatic heterocycles. The number of aromatic nitrogens is 1. The quantitative estimate of drug-likeness (QED) is 0.592. The Kier molecular flexibility index (Phi) is 6.62. The fourth-order valence-electron chi connectivity index (χ4n) is 3.78. The van der Waals surface area contributed by atoms with Crippen LogP contribution in [0.3, 0.4) is 0 Å². The van der Waals surface area contributed by atoms with Gasteiger partial charge >= 0.3 is 0 Å². The SMILES string of the molecule is Nc1c(NC(=O)CCc2ccccc2)sc2c1CCN(C(=O)CCc1cccnc1)C2. The molecule has 4 rings (SSSR count). The van der Waals surface area contributed by atoms with Crippen molar-refractivity contribution in [3.63, 3.8) is 0 Å². The molecule has 0 fully saturated rings. The third-order valence-electron chi connectivity index (χ3n) is 5.54. The number of nitrogens with two attached hydrogens (primary N) is 1. The van der Waals surface area contributed by atoms with Gasteiger partial charge in [0.05, 0.1) is 12.2 Å². The van der Waals surface area contributed by atoms with Gasteiger partial charge in [-0.1, -0.05) is 36.4 Å². The Balaban J connectivity index is 1.33. The van der Waals surface area contributed by atoms with E-state index in [-0.39, 0.29) is 11.8 Å². The van der Waals surface area contributed by atoms with Gasteiger partial charge in [0.1, 0.15) is 5.00 Å². The van der Waals surface area contributed by atoms with Crippen LogP contribution in [0.4, 0.5) is 10.7 Å². The number of nitrogens with one attached hydrogen (secondary N) is 1. The summed E-state index contributed by atoms with van der Waals surface area (Å²) in [5.74, 6) is 0.0912. The maximum absolute atomic E-state index is 12.7. The van der Waals surface area contributed by atoms with Crippen LogP contribution in [0.2, 0.25) is 0 Å². The molecular weight excluding hydrogens is 408 g/mol. The van der Waals surface area contributed by atoms with Crippen molar-refractivity contribution in [3.8, 4) is 0 Å². The lowest BCUT2D eigenvalue weighted by Gasteiger charge is -2.27. The molecule has 3 N–H and O–H groups in total. The number of fused-ring (bicyclic) bond motifs is 1. The highest BCUT2D eigenvalue weighted by Gasteiger charge is 2.26. The van der Waals surface area contributed by atoms with E-state index in [9.17, 15) is 9.59 Å². The molecule has 3 heterocycles. The summed E-state index contributed by atoms with van der Waals surface area (Å²) in [6.07, 6.45) is 6.50. The van der Waals surface area contributed by atoms with Crippen LogP contribution in [-0.2, 0) is 35.4 Å². The maximum Gasteiger partial charge on any atom is 0.225 e. The summed E-state index contributed by atoms with van der Waals surface area (Å²) in [6, 6.07) is 13.8. The van der Waals surface area contributed by atoms with Crippen LogP contribution in [0.5, 0.6) is 0 Å². The molecule has 6 nitrogen and oxygen atoms in total. The molecular formula is C24H26N4O2S. The largest absolute Gasteiger partial charge is 0.396 e. The molecule has 0 spiro atoms. The van der Waals surface area contributed by atoms with E-state index in [1.54, 1.807) is 12.4 Å². The van der Waals surface area contributed by atoms with Crippen LogP contribution >= 0.6 is 11.3 Å². The first-order valence-corrected chi connectivity index (χ1v) is 11.3. The normalized spacial score (nSPS) is 13.0. The highest BCUT2D eigenvalue weighted by atomic mass is 32.1. The molecule has 0 saturated carbocycles. The molecule has 0 saturated heterocycles. The zero-order chi connectivity index (χ0) is 21.6. The first kappa shape index (κ1) is 21.1. The number of anilines is 2. The number of thiophene rings is 1. The summed E-state index contributed by atoms with van der Waals surface area (Å²) in [4.78, 5) is 32.1. The second kappa shape index (κ2) is 9.75. The molecule has 3 aromatic rings. The molecule has 1 aromatic carbocycles. The number of nitrogen functional groups attached to an aromatic ring is 1. The molecule has 2 aromatic heterocycles. The van der Waals surface area contributed by atoms with Gasteiger partial charge in [-0.3, -0.25) is 14.6 Å². The summed E-state index contributed by atoms with van der Waals surface area (Å²) >= 11 is 1.49. The van der Waals surface area contributed by atoms with Gasteiger partial charge in [-0.25, -0.2) is 0 Å². The molecule has 0 unspecified atom stereocenters. The Bertz CT molecular complexity index is 1050. The highest BCUT2D eigenvalue weighted by molar-refractivity contribution is 7.17. The van der Waals surface area contributed by atoms with Crippen molar-refractivity contribution in [1.29, 1.82) is 0 Å². The topological polar surface area (TPSA) is 88.3 Å². The first-order chi connectivity index (χ1) is 15.1. The number of amides is 2. The zero-order valence-corrected chi connectivity index (χ0v) is 18.2. The van der Waals surface area contributed by atoms with Crippen molar-refractivity contribution in [2.45, 2.75) is 38.6 Å². The Morgan fingerprint density at radius 1 is 1.06 bits per heavy atom. The highest BCUT2D eigenvalue weighted by Crippen LogP contribution is 2.39. The fraction of sp³-hybridized carbons (Fsp3) is 0.292. The third-order valence-corrected chi connectivity index (χ3v) is 6.69. The number of rotatable bonds is 7. The lowest BCUT2D eigenvalue weighted by molar-refractivity contribution is -0.132. The first-order valence-electron chi connectivity index (χ1n) is 10.5. The molecule has 0 radical (unpaired) electrons. The Labute approximate surface area is 186 Å². The smallest absolute Gasteiger partial charge is 0.225 e. The third kappa shape index (κ3) is 5.30. The molecule has 0 bridgehead atoms. The monoisotopic (exact) mass is 434 g/mol. The standard InChI is InChI=1S/C24H26N4O2S/c25-23-19-12-14-28(22(30)11-9-18-7-4-13-26-15-18)16-20(19)31-24(23)27-21(29)10-8-17-5-2-1-3-6-17/h1-7,13,15H,8-12,14,16,25H2,(H,27,29). The van der Waals surface area contributed by atoms with E-state index in [1.165, 1.54) is 11.3 Å². The average Bonchev–Trinajstić information content (AvgIpc) is 3.12. The number of pyridine rings is 1. The predicted octanol–water partition coefficient (Wildman–Crippen LogP) is 3.81. The molecule has 1 aliphatic rings. The summed E-state index contributed by atoms with van der Waals surface area (Å²) in [6.45, 7) is 1.21. The van der Waals surface area contributed by atoms with Crippen LogP contribution < -0.4 is 11.1 Å². The van der Waals surface area contributed by atoms with Crippen molar-refractivity contribution in [1.82, 2.24) is 9.88 Å². The Morgan fingerprint density at radius 2 is 1.84 bits per heavy atom. The van der Waals surface area contributed by atoms with Gasteiger partial charge in [-0.2, -0.15) is 0 Å². The minimum Gasteiger partial charge on any atom is -0.396 e. The van der Waals surface area contributed by atoms with Crippen molar-refractivity contribution in [2.24, 2.45) is 0 Å². The summed E-state index contributed by atoms with van der Waals surface area (Å²) in [5, 5.41) is 3.67. The lowest BCUT2D eigenvalue weighted by Crippen LogP contribution is -2.35. The predicted molar refractivity (Wildman–Crippen MR) is 124 cm³/mol. The summed E-state index contributed by atoms with van der Waals surface area (Å²) in [7, 11) is 0. The van der Waals surface area contributed by atoms with E-state index < -0.39 is 0 Å². The van der Waals surface area contributed by atoms with Crippen molar-refractivity contribution < 1.29 is 9.59 Å². The van der Waals surface area contributed by atoms with Gasteiger partial charge < -0.3 is 16.0 Å². The van der Waals surface area contributed by atoms with Crippen LogP contribution in [-0.4, -0.2) is 28.2 Å². The van der Waals surface area contributed by atoms with Crippen LogP contribution in [0.25, 0.3) is 0 Å². The van der Waals surface area contributed by atoms with Crippen molar-refractivity contribution in [2.75, 3.05) is 17.6 Å². The van der Waals surface area contributed by atoms with Gasteiger partial charge in [0.15, 0.2) is 0 Å². The minimum atomic E-state index is -0.0430. The number of carbonyl (C=O) groups excluding carboxylic acids is 2. The van der Waals surface area contributed by atoms with E-state index in [0.717, 1.165) is 28.0 Å². The number of benzene rings is 1. The number of hydrogen-bond acceptors (Lipinski definition) is 5. The lowest BCUT2D eigenvalue weighted by atomic mass is 10.1. The maximum atomic E-state index is 12.7. The molecule has 7 heteroatoms. The fourth-order valence-corrected chi connectivity index (χ4v) is 4.98. The Hall–Kier alpha value is -3.19. The summed E-state index contributed by atoms with van der Waals surface area (Å²) in [5.41, 5.74) is 10.2. The van der Waals surface area contributed by atoms with Gasteiger partial charge in [-0.15, -0.1) is 11.3 Å². The molecule has 31 heavy (non-hydrogen) atoms. The van der Waals surface area contributed by atoms with Crippen molar-refractivity contribution in [3.05, 3.63) is 76.4 Å². The summed E-state index contributed by atoms with van der Waals surface area (Å²) < 4.78 is 0. The van der Waals surface area contributed by atoms with Gasteiger partial charge in [-0.05, 0) is 42.0 Å². The average molecular weight is 435 g/mol. The second-order valence-corrected chi connectivity index (χ2v) is 8.81. The van der Waals surface area contributed by atoms with Crippen molar-refractivity contribution >= 4 is 33.8 Å². The van der Waals surface area contributed by atoms with E-state index in [1.807, 2.05) is 47.4 Å². The molecule has 0 aliphatic carbocycles. The van der Waals surface area contributed by atoms with Crippen LogP contribution in [0, 0.1) is 0 Å². The number of carbonyl (C=O) groups is 2. The van der Waals surface area contributed by atoms with E-state index in [0.29, 0.717) is 49.5 Å². The minimum absolute atomic E-state index is 0.0430. The number of aryl methyl sites for hydroxylation is 2. The van der Waals surface area contributed by atoms with E-state index in [2.05, 4.69) is 10.3 Å². The van der Waals surface area contributed by atoms with E-state index >= 15 is 0 Å². The van der Waals surface area contributed by atoms with Crippen LogP contribution in [0.1, 0.15) is 34.4 Å². The Morgan fingerprint density at radius 3 is 2.61 bits per heavy atom. The van der Waals surface area contributed by atoms with E-state index in [4.69, 9.17) is 5.73 Å². The van der Waals surface area contributed by atoms with Gasteiger partial charge in [0.2, 0.25) is 11.8 Å². The number of nitrogens with zero attached hydrogens (tertiary/aromatic N) is 2. The number of hydrogen-bond donors (Lipinski definition) is 2. The zero-order valence-electron chi connectivity index (χ0n) is 17.3. The van der Waals surface area contributed by atoms with Gasteiger partial charge in [0.25, 0.3) is 0 Å². The molecule has 0 atom stereocenters. The van der Waals surface area contributed by atoms with Crippen LogP contribution in [0.15, 0.2) is 54.9 Å². The molecule has 160 valence electrons. The second-order valence-electron chi connectivity index (χ2n) is 7.71. The van der Waals surface area contributed by atoms with Gasteiger partial charge in [0, 0.05) is 36.7 Å².